The molecule has 4 aliphatic rings. The standard InChI is InChI=1S/C46H53FN10O5/c1-29-24-30(9-10-33(29)31-6-5-17-55(27-31)37-25-36(51-52-42(37)48)34-7-3-4-8-39(34)58)44(60)54-22-15-46(47,16-23-54)28-53-18-11-32(12-19-53)56-20-13-35-41(62-2)38(26-49-43(35)56)57-21-14-40(59)50-45(57)61/h3-4,7-10,13,20,24-26,31-32,58H,5-6,11-12,14-19,21-23,27-28H2,1-2H3,(H2,48,52)(H,50,59,61)/t31-/m0/s1. The highest BCUT2D eigenvalue weighted by atomic mass is 19.1. The van der Waals surface area contributed by atoms with Crippen molar-refractivity contribution in [1.82, 2.24) is 34.9 Å². The predicted molar refractivity (Wildman–Crippen MR) is 234 cm³/mol. The van der Waals surface area contributed by atoms with Crippen molar-refractivity contribution in [2.75, 3.05) is 75.0 Å². The van der Waals surface area contributed by atoms with Gasteiger partial charge in [-0.2, -0.15) is 0 Å². The number of anilines is 3. The first kappa shape index (κ1) is 41.1. The Bertz CT molecular complexity index is 2510. The molecule has 5 aromatic rings. The van der Waals surface area contributed by atoms with Crippen LogP contribution < -0.4 is 25.6 Å². The van der Waals surface area contributed by atoms with E-state index in [-0.39, 0.29) is 42.5 Å². The van der Waals surface area contributed by atoms with Gasteiger partial charge in [-0.05, 0) is 80.1 Å². The molecule has 4 aliphatic heterocycles. The van der Waals surface area contributed by atoms with E-state index in [1.54, 1.807) is 30.3 Å². The Morgan fingerprint density at radius 1 is 0.984 bits per heavy atom. The molecule has 0 radical (unpaired) electrons. The van der Waals surface area contributed by atoms with Crippen molar-refractivity contribution in [2.24, 2.45) is 0 Å². The third kappa shape index (κ3) is 7.98. The molecule has 324 valence electrons. The number of para-hydroxylation sites is 1. The van der Waals surface area contributed by atoms with Crippen LogP contribution >= 0.6 is 0 Å². The summed E-state index contributed by atoms with van der Waals surface area (Å²) in [5, 5.41) is 22.0. The van der Waals surface area contributed by atoms with Gasteiger partial charge in [-0.25, -0.2) is 14.2 Å². The van der Waals surface area contributed by atoms with Gasteiger partial charge in [-0.15, -0.1) is 10.2 Å². The highest BCUT2D eigenvalue weighted by molar-refractivity contribution is 6.07. The normalized spacial score (nSPS) is 20.1. The Morgan fingerprint density at radius 3 is 2.52 bits per heavy atom. The monoisotopic (exact) mass is 844 g/mol. The number of nitrogens with two attached hydrogens (primary N) is 1. The van der Waals surface area contributed by atoms with E-state index in [2.05, 4.69) is 42.9 Å². The number of likely N-dealkylation sites (tertiary alicyclic amines) is 2. The second kappa shape index (κ2) is 16.9. The molecule has 0 saturated carbocycles. The minimum Gasteiger partial charge on any atom is -0.507 e. The number of aromatic hydroxyl groups is 1. The molecule has 0 unspecified atom stereocenters. The Morgan fingerprint density at radius 2 is 1.77 bits per heavy atom. The van der Waals surface area contributed by atoms with Crippen molar-refractivity contribution in [1.29, 1.82) is 0 Å². The van der Waals surface area contributed by atoms with Crippen molar-refractivity contribution in [3.63, 3.8) is 0 Å². The summed E-state index contributed by atoms with van der Waals surface area (Å²) in [5.74, 6) is 0.870. The fourth-order valence-electron chi connectivity index (χ4n) is 9.96. The van der Waals surface area contributed by atoms with E-state index < -0.39 is 11.7 Å². The number of imide groups is 1. The molecule has 0 spiro atoms. The number of fused-ring (bicyclic) bond motifs is 1. The molecule has 1 atom stereocenters. The summed E-state index contributed by atoms with van der Waals surface area (Å²) in [7, 11) is 1.56. The van der Waals surface area contributed by atoms with Gasteiger partial charge in [0, 0.05) is 101 Å². The number of alkyl halides is 1. The molecular weight excluding hydrogens is 792 g/mol. The summed E-state index contributed by atoms with van der Waals surface area (Å²) in [4.78, 5) is 50.5. The van der Waals surface area contributed by atoms with Gasteiger partial charge < -0.3 is 34.8 Å². The number of carbonyl (C=O) groups is 3. The number of ether oxygens (including phenoxy) is 1. The number of benzene rings is 2. The van der Waals surface area contributed by atoms with Gasteiger partial charge in [0.05, 0.1) is 30.1 Å². The van der Waals surface area contributed by atoms with Crippen LogP contribution in [0, 0.1) is 6.92 Å². The van der Waals surface area contributed by atoms with Crippen molar-refractivity contribution < 1.29 is 28.6 Å². The Hall–Kier alpha value is -6.29. The fraction of sp³-hybridized carbons (Fsp3) is 0.435. The number of hydrogen-bond acceptors (Lipinski definition) is 11. The molecule has 4 N–H and O–H groups in total. The number of piperidine rings is 3. The van der Waals surface area contributed by atoms with E-state index >= 15 is 4.39 Å². The average molecular weight is 845 g/mol. The maximum atomic E-state index is 16.4. The number of rotatable bonds is 9. The summed E-state index contributed by atoms with van der Waals surface area (Å²) >= 11 is 0. The topological polar surface area (TPSA) is 175 Å². The number of nitrogen functional groups attached to an aromatic ring is 1. The van der Waals surface area contributed by atoms with Gasteiger partial charge in [0.25, 0.3) is 5.91 Å². The largest absolute Gasteiger partial charge is 0.507 e. The first-order valence-electron chi connectivity index (χ1n) is 21.6. The van der Waals surface area contributed by atoms with E-state index in [1.165, 1.54) is 10.5 Å². The maximum Gasteiger partial charge on any atom is 0.328 e. The van der Waals surface area contributed by atoms with Crippen LogP contribution in [0.5, 0.6) is 11.5 Å². The van der Waals surface area contributed by atoms with Gasteiger partial charge in [-0.3, -0.25) is 19.8 Å². The van der Waals surface area contributed by atoms with Crippen molar-refractivity contribution in [2.45, 2.75) is 69.5 Å². The van der Waals surface area contributed by atoms with Crippen LogP contribution in [-0.4, -0.2) is 118 Å². The van der Waals surface area contributed by atoms with Crippen molar-refractivity contribution in [3.05, 3.63) is 83.7 Å². The van der Waals surface area contributed by atoms with Crippen LogP contribution in [0.15, 0.2) is 67.0 Å². The number of nitrogens with one attached hydrogen (secondary N) is 1. The first-order valence-corrected chi connectivity index (χ1v) is 21.6. The molecule has 0 aliphatic carbocycles. The van der Waals surface area contributed by atoms with Gasteiger partial charge >= 0.3 is 6.03 Å². The molecule has 16 heteroatoms. The molecule has 4 amide bonds. The highest BCUT2D eigenvalue weighted by Crippen LogP contribution is 2.40. The fourth-order valence-corrected chi connectivity index (χ4v) is 9.96. The minimum absolute atomic E-state index is 0.0641. The lowest BCUT2D eigenvalue weighted by Crippen LogP contribution is -2.51. The van der Waals surface area contributed by atoms with E-state index in [9.17, 15) is 19.5 Å². The number of carbonyl (C=O) groups excluding carboxylic acids is 3. The van der Waals surface area contributed by atoms with Crippen LogP contribution in [0.4, 0.5) is 26.4 Å². The zero-order chi connectivity index (χ0) is 43.1. The highest BCUT2D eigenvalue weighted by Gasteiger charge is 2.39. The van der Waals surface area contributed by atoms with Gasteiger partial charge in [0.2, 0.25) is 5.91 Å². The van der Waals surface area contributed by atoms with Crippen LogP contribution in [0.25, 0.3) is 22.3 Å². The molecule has 4 fully saturated rings. The van der Waals surface area contributed by atoms with Crippen molar-refractivity contribution in [3.8, 4) is 22.8 Å². The molecule has 15 nitrogen and oxygen atoms in total. The number of phenolic OH excluding ortho intramolecular Hbond substituents is 1. The molecule has 0 bridgehead atoms. The summed E-state index contributed by atoms with van der Waals surface area (Å²) in [6, 6.07) is 16.5. The molecular formula is C46H53FN10O5. The zero-order valence-electron chi connectivity index (χ0n) is 35.2. The number of aromatic nitrogens is 4. The van der Waals surface area contributed by atoms with Crippen LogP contribution in [0.1, 0.15) is 78.4 Å². The number of hydrogen-bond donors (Lipinski definition) is 3. The van der Waals surface area contributed by atoms with Gasteiger partial charge in [-0.1, -0.05) is 18.2 Å². The Kier molecular flexibility index (Phi) is 11.2. The molecule has 4 saturated heterocycles. The van der Waals surface area contributed by atoms with E-state index in [1.807, 2.05) is 42.6 Å². The lowest BCUT2D eigenvalue weighted by atomic mass is 9.86. The predicted octanol–water partition coefficient (Wildman–Crippen LogP) is 6.21. The molecule has 62 heavy (non-hydrogen) atoms. The summed E-state index contributed by atoms with van der Waals surface area (Å²) < 4.78 is 24.4. The summed E-state index contributed by atoms with van der Waals surface area (Å²) in [6.07, 6.45) is 8.04. The molecule has 9 rings (SSSR count). The second-order valence-electron chi connectivity index (χ2n) is 17.2. The number of pyridine rings is 1. The lowest BCUT2D eigenvalue weighted by molar-refractivity contribution is -0.120. The number of amides is 4. The number of methoxy groups -OCH3 is 1. The third-order valence-corrected chi connectivity index (χ3v) is 13.3. The molecule has 3 aromatic heterocycles. The summed E-state index contributed by atoms with van der Waals surface area (Å²) in [6.45, 7) is 6.42. The van der Waals surface area contributed by atoms with Gasteiger partial charge in [0.15, 0.2) is 11.6 Å². The maximum absolute atomic E-state index is 16.4. The number of nitrogens with zero attached hydrogens (tertiary/aromatic N) is 8. The quantitative estimate of drug-likeness (QED) is 0.154. The zero-order valence-corrected chi connectivity index (χ0v) is 35.2. The van der Waals surface area contributed by atoms with Crippen LogP contribution in [0.3, 0.4) is 0 Å². The Balaban J connectivity index is 0.784. The van der Waals surface area contributed by atoms with E-state index in [0.717, 1.165) is 74.1 Å². The first-order chi connectivity index (χ1) is 30.0. The SMILES string of the molecule is COc1c(N2CCC(=O)NC2=O)cnc2c1ccn2C1CCN(CC2(F)CCN(C(=O)c3ccc([C@H]4CCCN(c5cc(-c6ccccc6O)nnc5N)C4)c(C)c3)CC2)CC1. The number of urea groups is 1. The van der Waals surface area contributed by atoms with Crippen molar-refractivity contribution >= 4 is 46.1 Å². The Labute approximate surface area is 359 Å². The van der Waals surface area contributed by atoms with E-state index in [4.69, 9.17) is 15.5 Å². The van der Waals surface area contributed by atoms with Crippen LogP contribution in [0.2, 0.25) is 0 Å². The smallest absolute Gasteiger partial charge is 0.328 e. The molecule has 7 heterocycles. The summed E-state index contributed by atoms with van der Waals surface area (Å²) in [5.41, 5.74) is 11.1. The molecule has 2 aromatic carbocycles. The average Bonchev–Trinajstić information content (AvgIpc) is 3.71. The second-order valence-corrected chi connectivity index (χ2v) is 17.2. The van der Waals surface area contributed by atoms with Crippen LogP contribution in [-0.2, 0) is 4.79 Å². The van der Waals surface area contributed by atoms with Gasteiger partial charge in [0.1, 0.15) is 22.8 Å². The third-order valence-electron chi connectivity index (χ3n) is 13.3. The number of halogens is 1. The number of aryl methyl sites for hydroxylation is 1. The minimum atomic E-state index is -1.37. The number of phenols is 1. The van der Waals surface area contributed by atoms with E-state index in [0.29, 0.717) is 66.6 Å². The lowest BCUT2D eigenvalue weighted by Gasteiger charge is -2.41.